The number of rotatable bonds is 4. The van der Waals surface area contributed by atoms with E-state index in [4.69, 9.17) is 0 Å². The zero-order valence-electron chi connectivity index (χ0n) is 7.05. The zero-order valence-corrected chi connectivity index (χ0v) is 7.05. The van der Waals surface area contributed by atoms with Crippen LogP contribution in [0.3, 0.4) is 0 Å². The fourth-order valence-corrected chi connectivity index (χ4v) is 0.587. The highest BCUT2D eigenvalue weighted by molar-refractivity contribution is 5.53. The number of allylic oxidation sites excluding steroid dienone is 2. The van der Waals surface area contributed by atoms with E-state index in [-0.39, 0.29) is 5.92 Å². The predicted molar refractivity (Wildman–Crippen MR) is 43.9 cm³/mol. The summed E-state index contributed by atoms with van der Waals surface area (Å²) in [5.74, 6) is 0.182. The summed E-state index contributed by atoms with van der Waals surface area (Å²) in [7, 11) is 0. The molecule has 0 bridgehead atoms. The van der Waals surface area contributed by atoms with E-state index < -0.39 is 0 Å². The molecule has 0 heterocycles. The van der Waals surface area contributed by atoms with Crippen LogP contribution in [0.4, 0.5) is 0 Å². The van der Waals surface area contributed by atoms with E-state index in [1.165, 1.54) is 5.57 Å². The Morgan fingerprint density at radius 3 is 2.60 bits per heavy atom. The van der Waals surface area contributed by atoms with Crippen molar-refractivity contribution < 1.29 is 4.79 Å². The molecule has 0 N–H and O–H groups in total. The summed E-state index contributed by atoms with van der Waals surface area (Å²) in [5.41, 5.74) is 1.37. The lowest BCUT2D eigenvalue weighted by Gasteiger charge is -1.98. The van der Waals surface area contributed by atoms with Gasteiger partial charge in [0.2, 0.25) is 0 Å². The second kappa shape index (κ2) is 5.21. The molecule has 10 heavy (non-hydrogen) atoms. The maximum Gasteiger partial charge on any atom is 0.123 e. The summed E-state index contributed by atoms with van der Waals surface area (Å²) in [6.07, 6.45) is 5.12. The van der Waals surface area contributed by atoms with Crippen molar-refractivity contribution in [2.24, 2.45) is 5.92 Å². The van der Waals surface area contributed by atoms with Gasteiger partial charge >= 0.3 is 0 Å². The van der Waals surface area contributed by atoms with Crippen molar-refractivity contribution in [2.45, 2.75) is 33.6 Å². The molecule has 58 valence electrons. The molecule has 0 aliphatic carbocycles. The lowest BCUT2D eigenvalue weighted by atomic mass is 10.1. The van der Waals surface area contributed by atoms with Crippen LogP contribution in [0.2, 0.25) is 0 Å². The molecule has 0 aromatic heterocycles. The third-order valence-corrected chi connectivity index (χ3v) is 1.63. The van der Waals surface area contributed by atoms with E-state index in [9.17, 15) is 4.79 Å². The molecule has 0 aliphatic rings. The molecule has 1 heteroatoms. The Labute approximate surface area is 63.1 Å². The van der Waals surface area contributed by atoms with Crippen LogP contribution in [0.15, 0.2) is 11.6 Å². The highest BCUT2D eigenvalue weighted by Gasteiger charge is 1.94. The second-order valence-corrected chi connectivity index (χ2v) is 2.75. The molecule has 0 amide bonds. The Morgan fingerprint density at radius 2 is 2.20 bits per heavy atom. The molecule has 0 aliphatic heterocycles. The normalized spacial score (nSPS) is 14.9. The standard InChI is InChI=1S/C9H16O/c1-4-8(2)5-6-9(3)7-10/h5,7,9H,4,6H2,1-3H3. The molecular formula is C9H16O. The van der Waals surface area contributed by atoms with Crippen molar-refractivity contribution in [1.29, 1.82) is 0 Å². The Balaban J connectivity index is 3.60. The summed E-state index contributed by atoms with van der Waals surface area (Å²) < 4.78 is 0. The molecule has 0 saturated heterocycles. The van der Waals surface area contributed by atoms with E-state index >= 15 is 0 Å². The van der Waals surface area contributed by atoms with Gasteiger partial charge in [0.25, 0.3) is 0 Å². The predicted octanol–water partition coefficient (Wildman–Crippen LogP) is 2.57. The average Bonchev–Trinajstić information content (AvgIpc) is 1.99. The minimum Gasteiger partial charge on any atom is -0.303 e. The topological polar surface area (TPSA) is 17.1 Å². The van der Waals surface area contributed by atoms with Crippen molar-refractivity contribution in [2.75, 3.05) is 0 Å². The van der Waals surface area contributed by atoms with Gasteiger partial charge in [0.15, 0.2) is 0 Å². The lowest BCUT2D eigenvalue weighted by Crippen LogP contribution is -1.92. The Hall–Kier alpha value is -0.590. The first kappa shape index (κ1) is 9.41. The van der Waals surface area contributed by atoms with Crippen LogP contribution in [-0.4, -0.2) is 6.29 Å². The van der Waals surface area contributed by atoms with Crippen LogP contribution in [0, 0.1) is 5.92 Å². The first-order chi connectivity index (χ1) is 4.70. The monoisotopic (exact) mass is 140 g/mol. The van der Waals surface area contributed by atoms with Crippen molar-refractivity contribution in [3.05, 3.63) is 11.6 Å². The largest absolute Gasteiger partial charge is 0.303 e. The first-order valence-electron chi connectivity index (χ1n) is 3.81. The van der Waals surface area contributed by atoms with Gasteiger partial charge in [0, 0.05) is 5.92 Å². The quantitative estimate of drug-likeness (QED) is 0.433. The number of hydrogen-bond acceptors (Lipinski definition) is 1. The summed E-state index contributed by atoms with van der Waals surface area (Å²) in [4.78, 5) is 10.2. The van der Waals surface area contributed by atoms with Crippen molar-refractivity contribution in [3.8, 4) is 0 Å². The molecule has 0 saturated carbocycles. The fourth-order valence-electron chi connectivity index (χ4n) is 0.587. The minimum atomic E-state index is 0.182. The molecule has 0 aromatic carbocycles. The van der Waals surface area contributed by atoms with Crippen LogP contribution in [0.1, 0.15) is 33.6 Å². The van der Waals surface area contributed by atoms with Crippen LogP contribution in [0.25, 0.3) is 0 Å². The maximum atomic E-state index is 10.2. The SMILES string of the molecule is CCC(C)=CCC(C)C=O. The number of carbonyl (C=O) groups is 1. The van der Waals surface area contributed by atoms with E-state index in [0.29, 0.717) is 0 Å². The summed E-state index contributed by atoms with van der Waals surface area (Å²) in [5, 5.41) is 0. The summed E-state index contributed by atoms with van der Waals surface area (Å²) in [6, 6.07) is 0. The maximum absolute atomic E-state index is 10.2. The van der Waals surface area contributed by atoms with Crippen LogP contribution < -0.4 is 0 Å². The first-order valence-corrected chi connectivity index (χ1v) is 3.81. The zero-order chi connectivity index (χ0) is 7.98. The van der Waals surface area contributed by atoms with Crippen molar-refractivity contribution in [1.82, 2.24) is 0 Å². The molecule has 0 aromatic rings. The highest BCUT2D eigenvalue weighted by atomic mass is 16.1. The van der Waals surface area contributed by atoms with Gasteiger partial charge in [0.05, 0.1) is 0 Å². The molecule has 1 nitrogen and oxygen atoms in total. The van der Waals surface area contributed by atoms with Gasteiger partial charge in [-0.25, -0.2) is 0 Å². The van der Waals surface area contributed by atoms with Gasteiger partial charge in [-0.3, -0.25) is 0 Å². The van der Waals surface area contributed by atoms with Crippen molar-refractivity contribution >= 4 is 6.29 Å². The Bertz CT molecular complexity index is 125. The van der Waals surface area contributed by atoms with Gasteiger partial charge in [-0.05, 0) is 19.8 Å². The lowest BCUT2D eigenvalue weighted by molar-refractivity contribution is -0.110. The van der Waals surface area contributed by atoms with E-state index in [1.807, 2.05) is 6.92 Å². The number of carbonyl (C=O) groups excluding carboxylic acids is 1. The number of hydrogen-bond donors (Lipinski definition) is 0. The highest BCUT2D eigenvalue weighted by Crippen LogP contribution is 2.04. The van der Waals surface area contributed by atoms with E-state index in [1.54, 1.807) is 0 Å². The summed E-state index contributed by atoms with van der Waals surface area (Å²) >= 11 is 0. The van der Waals surface area contributed by atoms with Gasteiger partial charge in [-0.2, -0.15) is 0 Å². The van der Waals surface area contributed by atoms with Crippen LogP contribution in [0.5, 0.6) is 0 Å². The molecule has 0 rings (SSSR count). The Kier molecular flexibility index (Phi) is 4.91. The molecule has 0 fully saturated rings. The summed E-state index contributed by atoms with van der Waals surface area (Å²) in [6.45, 7) is 6.15. The third-order valence-electron chi connectivity index (χ3n) is 1.63. The molecule has 0 spiro atoms. The van der Waals surface area contributed by atoms with E-state index in [0.717, 1.165) is 19.1 Å². The molecule has 1 atom stereocenters. The molecule has 0 radical (unpaired) electrons. The van der Waals surface area contributed by atoms with Gasteiger partial charge in [-0.15, -0.1) is 0 Å². The van der Waals surface area contributed by atoms with Gasteiger partial charge < -0.3 is 4.79 Å². The smallest absolute Gasteiger partial charge is 0.123 e. The van der Waals surface area contributed by atoms with E-state index in [2.05, 4.69) is 19.9 Å². The molecule has 1 unspecified atom stereocenters. The second-order valence-electron chi connectivity index (χ2n) is 2.75. The Morgan fingerprint density at radius 1 is 1.60 bits per heavy atom. The fraction of sp³-hybridized carbons (Fsp3) is 0.667. The van der Waals surface area contributed by atoms with Crippen LogP contribution >= 0.6 is 0 Å². The average molecular weight is 140 g/mol. The minimum absolute atomic E-state index is 0.182. The third kappa shape index (κ3) is 4.30. The van der Waals surface area contributed by atoms with Gasteiger partial charge in [-0.1, -0.05) is 25.5 Å². The molecular weight excluding hydrogens is 124 g/mol. The van der Waals surface area contributed by atoms with Gasteiger partial charge in [0.1, 0.15) is 6.29 Å². The number of aldehydes is 1. The van der Waals surface area contributed by atoms with Crippen LogP contribution in [-0.2, 0) is 4.79 Å². The van der Waals surface area contributed by atoms with Crippen molar-refractivity contribution in [3.63, 3.8) is 0 Å².